The molecule has 6 nitrogen and oxygen atoms in total. The molecule has 1 aromatic heterocycles. The van der Waals surface area contributed by atoms with Gasteiger partial charge in [0.25, 0.3) is 0 Å². The molecule has 0 spiro atoms. The van der Waals surface area contributed by atoms with E-state index < -0.39 is 0 Å². The van der Waals surface area contributed by atoms with Gasteiger partial charge in [-0.2, -0.15) is 0 Å². The average molecular weight is 279 g/mol. The predicted molar refractivity (Wildman–Crippen MR) is 72.0 cm³/mol. The molecule has 110 valence electrons. The predicted octanol–water partition coefficient (Wildman–Crippen LogP) is 0.708. The van der Waals surface area contributed by atoms with E-state index in [1.54, 1.807) is 7.05 Å². The number of amides is 1. The zero-order valence-electron chi connectivity index (χ0n) is 12.0. The third kappa shape index (κ3) is 2.71. The lowest BCUT2D eigenvalue weighted by Gasteiger charge is -2.33. The molecule has 2 aliphatic rings. The Morgan fingerprint density at radius 2 is 2.45 bits per heavy atom. The summed E-state index contributed by atoms with van der Waals surface area (Å²) in [5.41, 5.74) is 0.960. The van der Waals surface area contributed by atoms with Crippen molar-refractivity contribution in [1.29, 1.82) is 0 Å². The van der Waals surface area contributed by atoms with Gasteiger partial charge in [-0.15, -0.1) is 0 Å². The van der Waals surface area contributed by atoms with E-state index in [4.69, 9.17) is 9.26 Å². The van der Waals surface area contributed by atoms with Gasteiger partial charge in [0.1, 0.15) is 11.9 Å². The van der Waals surface area contributed by atoms with Gasteiger partial charge in [0.05, 0.1) is 11.8 Å². The first-order valence-electron chi connectivity index (χ1n) is 7.17. The first-order valence-corrected chi connectivity index (χ1v) is 7.17. The van der Waals surface area contributed by atoms with Gasteiger partial charge >= 0.3 is 0 Å². The van der Waals surface area contributed by atoms with Crippen LogP contribution in [0, 0.1) is 12.8 Å². The van der Waals surface area contributed by atoms with Crippen molar-refractivity contribution >= 4 is 5.91 Å². The number of aryl methyl sites for hydroxylation is 1. The van der Waals surface area contributed by atoms with E-state index in [0.29, 0.717) is 5.92 Å². The van der Waals surface area contributed by atoms with E-state index in [0.717, 1.165) is 43.9 Å². The van der Waals surface area contributed by atoms with E-state index in [9.17, 15) is 4.79 Å². The van der Waals surface area contributed by atoms with Gasteiger partial charge in [-0.3, -0.25) is 9.69 Å². The SMILES string of the molecule is CNC(=O)[C@@H]1C[C@H]2CCN(Cc3cc(C)on3)C[C@@H]2O1. The molecule has 2 saturated heterocycles. The van der Waals surface area contributed by atoms with Crippen LogP contribution < -0.4 is 5.32 Å². The number of nitrogens with zero attached hydrogens (tertiary/aromatic N) is 2. The number of rotatable bonds is 3. The Labute approximate surface area is 118 Å². The van der Waals surface area contributed by atoms with Crippen LogP contribution >= 0.6 is 0 Å². The van der Waals surface area contributed by atoms with Crippen molar-refractivity contribution in [1.82, 2.24) is 15.4 Å². The molecule has 1 amide bonds. The lowest BCUT2D eigenvalue weighted by Crippen LogP contribution is -2.42. The zero-order valence-corrected chi connectivity index (χ0v) is 12.0. The van der Waals surface area contributed by atoms with Crippen molar-refractivity contribution < 1.29 is 14.1 Å². The molecule has 20 heavy (non-hydrogen) atoms. The monoisotopic (exact) mass is 279 g/mol. The van der Waals surface area contributed by atoms with E-state index in [1.165, 1.54) is 0 Å². The lowest BCUT2D eigenvalue weighted by atomic mass is 9.91. The number of nitrogens with one attached hydrogen (secondary N) is 1. The van der Waals surface area contributed by atoms with E-state index >= 15 is 0 Å². The number of hydrogen-bond acceptors (Lipinski definition) is 5. The van der Waals surface area contributed by atoms with Crippen molar-refractivity contribution in [2.24, 2.45) is 5.92 Å². The van der Waals surface area contributed by atoms with Crippen LogP contribution in [0.1, 0.15) is 24.3 Å². The normalized spacial score (nSPS) is 30.2. The summed E-state index contributed by atoms with van der Waals surface area (Å²) in [7, 11) is 1.66. The molecule has 0 aromatic carbocycles. The van der Waals surface area contributed by atoms with Gasteiger partial charge in [-0.25, -0.2) is 0 Å². The van der Waals surface area contributed by atoms with Gasteiger partial charge < -0.3 is 14.6 Å². The number of carbonyl (C=O) groups is 1. The van der Waals surface area contributed by atoms with Gasteiger partial charge in [-0.1, -0.05) is 5.16 Å². The molecule has 1 N–H and O–H groups in total. The smallest absolute Gasteiger partial charge is 0.248 e. The molecule has 0 aliphatic carbocycles. The Balaban J connectivity index is 1.57. The van der Waals surface area contributed by atoms with Crippen LogP contribution in [0.4, 0.5) is 0 Å². The number of piperidine rings is 1. The average Bonchev–Trinajstić information content (AvgIpc) is 3.03. The number of ether oxygens (including phenoxy) is 1. The summed E-state index contributed by atoms with van der Waals surface area (Å²) in [6, 6.07) is 1.97. The quantitative estimate of drug-likeness (QED) is 0.882. The summed E-state index contributed by atoms with van der Waals surface area (Å²) in [5, 5.41) is 6.70. The van der Waals surface area contributed by atoms with Crippen molar-refractivity contribution in [3.05, 3.63) is 17.5 Å². The highest BCUT2D eigenvalue weighted by Gasteiger charge is 2.41. The minimum absolute atomic E-state index is 0.00178. The first kappa shape index (κ1) is 13.6. The van der Waals surface area contributed by atoms with E-state index in [-0.39, 0.29) is 18.1 Å². The van der Waals surface area contributed by atoms with Gasteiger partial charge in [0, 0.05) is 26.2 Å². The Morgan fingerprint density at radius 1 is 1.60 bits per heavy atom. The highest BCUT2D eigenvalue weighted by molar-refractivity contribution is 5.80. The van der Waals surface area contributed by atoms with Crippen LogP contribution in [0.15, 0.2) is 10.6 Å². The van der Waals surface area contributed by atoms with Gasteiger partial charge in [0.15, 0.2) is 0 Å². The molecular weight excluding hydrogens is 258 g/mol. The Kier molecular flexibility index (Phi) is 3.76. The molecule has 0 saturated carbocycles. The molecule has 3 heterocycles. The van der Waals surface area contributed by atoms with Crippen molar-refractivity contribution in [2.75, 3.05) is 20.1 Å². The summed E-state index contributed by atoms with van der Waals surface area (Å²) < 4.78 is 11.0. The number of carbonyl (C=O) groups excluding carboxylic acids is 1. The fourth-order valence-corrected chi connectivity index (χ4v) is 3.19. The zero-order chi connectivity index (χ0) is 14.1. The van der Waals surface area contributed by atoms with Gasteiger partial charge in [0.2, 0.25) is 5.91 Å². The molecule has 3 atom stereocenters. The number of fused-ring (bicyclic) bond motifs is 1. The standard InChI is InChI=1S/C14H21N3O3/c1-9-5-11(16-20-9)7-17-4-3-10-6-12(14(18)15-2)19-13(10)8-17/h5,10,12-13H,3-4,6-8H2,1-2H3,(H,15,18)/t10-,12+,13+/m1/s1. The van der Waals surface area contributed by atoms with E-state index in [2.05, 4.69) is 15.4 Å². The molecule has 1 aromatic rings. The van der Waals surface area contributed by atoms with Crippen molar-refractivity contribution in [2.45, 2.75) is 38.5 Å². The largest absolute Gasteiger partial charge is 0.364 e. The maximum Gasteiger partial charge on any atom is 0.248 e. The summed E-state index contributed by atoms with van der Waals surface area (Å²) >= 11 is 0. The third-order valence-corrected chi connectivity index (χ3v) is 4.24. The van der Waals surface area contributed by atoms with Crippen LogP contribution in [0.25, 0.3) is 0 Å². The fourth-order valence-electron chi connectivity index (χ4n) is 3.19. The molecule has 3 rings (SSSR count). The van der Waals surface area contributed by atoms with Crippen LogP contribution in [0.5, 0.6) is 0 Å². The molecule has 2 fully saturated rings. The highest BCUT2D eigenvalue weighted by Crippen LogP contribution is 2.33. The first-order chi connectivity index (χ1) is 9.65. The minimum atomic E-state index is -0.274. The number of aromatic nitrogens is 1. The number of hydrogen-bond donors (Lipinski definition) is 1. The Bertz CT molecular complexity index is 488. The highest BCUT2D eigenvalue weighted by atomic mass is 16.5. The molecule has 0 bridgehead atoms. The third-order valence-electron chi connectivity index (χ3n) is 4.24. The summed E-state index contributed by atoms with van der Waals surface area (Å²) in [6.45, 7) is 4.58. The molecule has 0 unspecified atom stereocenters. The topological polar surface area (TPSA) is 67.6 Å². The van der Waals surface area contributed by atoms with Gasteiger partial charge in [-0.05, 0) is 32.2 Å². The lowest BCUT2D eigenvalue weighted by molar-refractivity contribution is -0.132. The van der Waals surface area contributed by atoms with Crippen molar-refractivity contribution in [3.63, 3.8) is 0 Å². The molecule has 0 radical (unpaired) electrons. The minimum Gasteiger partial charge on any atom is -0.364 e. The van der Waals surface area contributed by atoms with Crippen LogP contribution in [0.2, 0.25) is 0 Å². The molecule has 2 aliphatic heterocycles. The molecule has 6 heteroatoms. The van der Waals surface area contributed by atoms with Crippen LogP contribution in [-0.4, -0.2) is 48.3 Å². The van der Waals surface area contributed by atoms with Crippen molar-refractivity contribution in [3.8, 4) is 0 Å². The Hall–Kier alpha value is -1.40. The van der Waals surface area contributed by atoms with Crippen LogP contribution in [0.3, 0.4) is 0 Å². The maximum absolute atomic E-state index is 11.7. The summed E-state index contributed by atoms with van der Waals surface area (Å²) in [6.07, 6.45) is 1.82. The number of likely N-dealkylation sites (N-methyl/N-ethyl adjacent to an activating group) is 1. The Morgan fingerprint density at radius 3 is 3.15 bits per heavy atom. The second-order valence-corrected chi connectivity index (χ2v) is 5.73. The summed E-state index contributed by atoms with van der Waals surface area (Å²) in [5.74, 6) is 1.34. The van der Waals surface area contributed by atoms with Crippen LogP contribution in [-0.2, 0) is 16.1 Å². The summed E-state index contributed by atoms with van der Waals surface area (Å²) in [4.78, 5) is 14.0. The van der Waals surface area contributed by atoms with E-state index in [1.807, 2.05) is 13.0 Å². The number of likely N-dealkylation sites (tertiary alicyclic amines) is 1. The second-order valence-electron chi connectivity index (χ2n) is 5.73. The second kappa shape index (κ2) is 5.54. The molecular formula is C14H21N3O3. The maximum atomic E-state index is 11.7. The fraction of sp³-hybridized carbons (Fsp3) is 0.714.